The van der Waals surface area contributed by atoms with Crippen LogP contribution in [-0.4, -0.2) is 35.5 Å². The molecule has 8 heteroatoms. The first-order chi connectivity index (χ1) is 11.0. The Bertz CT molecular complexity index is 854. The molecule has 122 valence electrons. The zero-order valence-electron chi connectivity index (χ0n) is 13.1. The summed E-state index contributed by atoms with van der Waals surface area (Å²) in [5.74, 6) is -0.354. The van der Waals surface area contributed by atoms with E-state index in [1.54, 1.807) is 20.9 Å². The van der Waals surface area contributed by atoms with E-state index in [0.29, 0.717) is 39.5 Å². The van der Waals surface area contributed by atoms with Gasteiger partial charge >= 0.3 is 5.97 Å². The largest absolute Gasteiger partial charge is 0.466 e. The second-order valence-electron chi connectivity index (χ2n) is 5.47. The summed E-state index contributed by atoms with van der Waals surface area (Å²) in [7, 11) is 1.55. The van der Waals surface area contributed by atoms with Crippen LogP contribution in [0.25, 0.3) is 10.2 Å². The van der Waals surface area contributed by atoms with Gasteiger partial charge in [0.1, 0.15) is 10.7 Å². The molecule has 1 saturated carbocycles. The quantitative estimate of drug-likeness (QED) is 0.821. The Morgan fingerprint density at radius 3 is 2.87 bits per heavy atom. The Morgan fingerprint density at radius 1 is 1.48 bits per heavy atom. The maximum Gasteiger partial charge on any atom is 0.309 e. The Hall–Kier alpha value is -2.22. The SMILES string of the molecule is CCOC(=O)[C@H]1C[C@@H]1c1nc2sc(C(=O)NC)c(C)c2c(=O)[nH]1. The average Bonchev–Trinajstić information content (AvgIpc) is 3.25. The van der Waals surface area contributed by atoms with Crippen molar-refractivity contribution in [2.75, 3.05) is 13.7 Å². The number of esters is 1. The lowest BCUT2D eigenvalue weighted by atomic mass is 10.2. The van der Waals surface area contributed by atoms with Crippen molar-refractivity contribution >= 4 is 33.4 Å². The number of carbonyl (C=O) groups excluding carboxylic acids is 2. The van der Waals surface area contributed by atoms with E-state index >= 15 is 0 Å². The number of hydrogen-bond donors (Lipinski definition) is 2. The highest BCUT2D eigenvalue weighted by molar-refractivity contribution is 7.20. The second-order valence-corrected chi connectivity index (χ2v) is 6.47. The number of thiophene rings is 1. The summed E-state index contributed by atoms with van der Waals surface area (Å²) in [5, 5.41) is 2.99. The van der Waals surface area contributed by atoms with Crippen LogP contribution >= 0.6 is 11.3 Å². The third kappa shape index (κ3) is 2.63. The molecule has 2 N–H and O–H groups in total. The molecule has 1 aliphatic rings. The number of amides is 1. The highest BCUT2D eigenvalue weighted by atomic mass is 32.1. The van der Waals surface area contributed by atoms with Crippen LogP contribution in [0.2, 0.25) is 0 Å². The van der Waals surface area contributed by atoms with Gasteiger partial charge in [-0.3, -0.25) is 14.4 Å². The molecule has 0 saturated heterocycles. The molecule has 7 nitrogen and oxygen atoms in total. The first-order valence-corrected chi connectivity index (χ1v) is 8.21. The number of nitrogens with one attached hydrogen (secondary N) is 2. The van der Waals surface area contributed by atoms with E-state index in [1.807, 2.05) is 0 Å². The van der Waals surface area contributed by atoms with Gasteiger partial charge in [0, 0.05) is 13.0 Å². The number of ether oxygens (including phenoxy) is 1. The molecule has 0 bridgehead atoms. The first kappa shape index (κ1) is 15.7. The Morgan fingerprint density at radius 2 is 2.22 bits per heavy atom. The molecule has 1 aliphatic carbocycles. The van der Waals surface area contributed by atoms with Crippen LogP contribution in [0.4, 0.5) is 0 Å². The van der Waals surface area contributed by atoms with Gasteiger partial charge in [0.2, 0.25) is 0 Å². The molecule has 0 aliphatic heterocycles. The minimum absolute atomic E-state index is 0.114. The molecule has 1 fully saturated rings. The summed E-state index contributed by atoms with van der Waals surface area (Å²) < 4.78 is 5.00. The third-order valence-corrected chi connectivity index (χ3v) is 5.17. The van der Waals surface area contributed by atoms with E-state index in [9.17, 15) is 14.4 Å². The Labute approximate surface area is 136 Å². The molecule has 0 unspecified atom stereocenters. The summed E-state index contributed by atoms with van der Waals surface area (Å²) in [6, 6.07) is 0. The number of hydrogen-bond acceptors (Lipinski definition) is 6. The van der Waals surface area contributed by atoms with Gasteiger partial charge in [0.05, 0.1) is 22.8 Å². The maximum atomic E-state index is 12.3. The molecule has 0 spiro atoms. The molecule has 2 aromatic rings. The lowest BCUT2D eigenvalue weighted by Gasteiger charge is -2.01. The number of fused-ring (bicyclic) bond motifs is 1. The monoisotopic (exact) mass is 335 g/mol. The van der Waals surface area contributed by atoms with E-state index in [2.05, 4.69) is 15.3 Å². The summed E-state index contributed by atoms with van der Waals surface area (Å²) in [4.78, 5) is 44.2. The number of nitrogens with zero attached hydrogens (tertiary/aromatic N) is 1. The van der Waals surface area contributed by atoms with Gasteiger partial charge in [-0.05, 0) is 25.8 Å². The van der Waals surface area contributed by atoms with Gasteiger partial charge in [0.25, 0.3) is 11.5 Å². The molecule has 0 aromatic carbocycles. The Balaban J connectivity index is 1.98. The molecule has 1 amide bonds. The first-order valence-electron chi connectivity index (χ1n) is 7.39. The fraction of sp³-hybridized carbons (Fsp3) is 0.467. The van der Waals surface area contributed by atoms with Crippen molar-refractivity contribution in [2.45, 2.75) is 26.2 Å². The minimum atomic E-state index is -0.275. The lowest BCUT2D eigenvalue weighted by molar-refractivity contribution is -0.144. The van der Waals surface area contributed by atoms with E-state index < -0.39 is 0 Å². The van der Waals surface area contributed by atoms with Crippen molar-refractivity contribution in [3.63, 3.8) is 0 Å². The highest BCUT2D eigenvalue weighted by Gasteiger charge is 2.47. The van der Waals surface area contributed by atoms with Crippen molar-refractivity contribution in [3.8, 4) is 0 Å². The molecule has 23 heavy (non-hydrogen) atoms. The lowest BCUT2D eigenvalue weighted by Crippen LogP contribution is -2.17. The molecule has 2 atom stereocenters. The van der Waals surface area contributed by atoms with Crippen LogP contribution in [0.5, 0.6) is 0 Å². The fourth-order valence-corrected chi connectivity index (χ4v) is 3.81. The molecular formula is C15H17N3O4S. The van der Waals surface area contributed by atoms with Gasteiger partial charge in [-0.2, -0.15) is 0 Å². The molecular weight excluding hydrogens is 318 g/mol. The van der Waals surface area contributed by atoms with Gasteiger partial charge in [-0.25, -0.2) is 4.98 Å². The average molecular weight is 335 g/mol. The van der Waals surface area contributed by atoms with Crippen molar-refractivity contribution in [1.29, 1.82) is 0 Å². The summed E-state index contributed by atoms with van der Waals surface area (Å²) >= 11 is 1.19. The second kappa shape index (κ2) is 5.77. The summed E-state index contributed by atoms with van der Waals surface area (Å²) in [5.41, 5.74) is 0.353. The van der Waals surface area contributed by atoms with Crippen LogP contribution in [0.3, 0.4) is 0 Å². The van der Waals surface area contributed by atoms with Crippen molar-refractivity contribution in [1.82, 2.24) is 15.3 Å². The number of aryl methyl sites for hydroxylation is 1. The van der Waals surface area contributed by atoms with Gasteiger partial charge < -0.3 is 15.0 Å². The molecule has 2 aromatic heterocycles. The number of carbonyl (C=O) groups is 2. The maximum absolute atomic E-state index is 12.3. The smallest absolute Gasteiger partial charge is 0.309 e. The van der Waals surface area contributed by atoms with Gasteiger partial charge in [0.15, 0.2) is 0 Å². The summed E-state index contributed by atoms with van der Waals surface area (Å²) in [6.45, 7) is 3.83. The van der Waals surface area contributed by atoms with Crippen LogP contribution in [0, 0.1) is 12.8 Å². The predicted molar refractivity (Wildman–Crippen MR) is 85.8 cm³/mol. The van der Waals surface area contributed by atoms with E-state index in [0.717, 1.165) is 0 Å². The molecule has 2 heterocycles. The van der Waals surface area contributed by atoms with Gasteiger partial charge in [-0.15, -0.1) is 11.3 Å². The topological polar surface area (TPSA) is 101 Å². The normalized spacial score (nSPS) is 19.6. The Kier molecular flexibility index (Phi) is 3.93. The van der Waals surface area contributed by atoms with E-state index in [1.165, 1.54) is 11.3 Å². The zero-order valence-corrected chi connectivity index (χ0v) is 13.9. The number of aromatic nitrogens is 2. The van der Waals surface area contributed by atoms with Crippen LogP contribution in [-0.2, 0) is 9.53 Å². The molecule has 3 rings (SSSR count). The number of H-pyrrole nitrogens is 1. The number of rotatable bonds is 4. The zero-order chi connectivity index (χ0) is 16.7. The van der Waals surface area contributed by atoms with E-state index in [4.69, 9.17) is 4.74 Å². The highest BCUT2D eigenvalue weighted by Crippen LogP contribution is 2.47. The number of aromatic amines is 1. The van der Waals surface area contributed by atoms with Crippen LogP contribution < -0.4 is 10.9 Å². The fourth-order valence-electron chi connectivity index (χ4n) is 2.67. The van der Waals surface area contributed by atoms with Crippen molar-refractivity contribution in [2.24, 2.45) is 5.92 Å². The third-order valence-electron chi connectivity index (χ3n) is 3.98. The molecule has 0 radical (unpaired) electrons. The minimum Gasteiger partial charge on any atom is -0.466 e. The van der Waals surface area contributed by atoms with Crippen LogP contribution in [0.1, 0.15) is 40.3 Å². The van der Waals surface area contributed by atoms with Crippen molar-refractivity contribution in [3.05, 3.63) is 26.6 Å². The van der Waals surface area contributed by atoms with Crippen LogP contribution in [0.15, 0.2) is 4.79 Å². The van der Waals surface area contributed by atoms with E-state index in [-0.39, 0.29) is 29.3 Å². The standard InChI is InChI=1S/C15H17N3O4S/c1-4-22-15(21)8-5-7(8)11-17-12(19)9-6(2)10(13(20)16-3)23-14(9)18-11/h7-8H,4-5H2,1-3H3,(H,16,20)(H,17,18,19)/t7-,8-/m0/s1. The van der Waals surface area contributed by atoms with Crippen molar-refractivity contribution < 1.29 is 14.3 Å². The van der Waals surface area contributed by atoms with Gasteiger partial charge in [-0.1, -0.05) is 0 Å². The predicted octanol–water partition coefficient (Wildman–Crippen LogP) is 1.32. The summed E-state index contributed by atoms with van der Waals surface area (Å²) in [6.07, 6.45) is 0.625.